The summed E-state index contributed by atoms with van der Waals surface area (Å²) in [5, 5.41) is 4.83. The fourth-order valence-corrected chi connectivity index (χ4v) is 2.26. The number of anilines is 1. The Hall–Kier alpha value is -0.700. The second-order valence-electron chi connectivity index (χ2n) is 4.07. The van der Waals surface area contributed by atoms with Crippen molar-refractivity contribution in [1.29, 1.82) is 0 Å². The van der Waals surface area contributed by atoms with Gasteiger partial charge in [-0.15, -0.1) is 0 Å². The average molecular weight is 345 g/mol. The Bertz CT molecular complexity index is 518. The highest BCUT2D eigenvalue weighted by Gasteiger charge is 2.00. The van der Waals surface area contributed by atoms with Crippen LogP contribution in [0.2, 0.25) is 10.0 Å². The minimum Gasteiger partial charge on any atom is -0.381 e. The van der Waals surface area contributed by atoms with Gasteiger partial charge < -0.3 is 5.32 Å². The van der Waals surface area contributed by atoms with Crippen LogP contribution in [0.1, 0.15) is 11.1 Å². The number of rotatable bonds is 3. The molecule has 0 atom stereocenters. The Morgan fingerprint density at radius 1 is 1.06 bits per heavy atom. The van der Waals surface area contributed by atoms with Crippen LogP contribution in [0.15, 0.2) is 40.9 Å². The van der Waals surface area contributed by atoms with Gasteiger partial charge in [-0.05, 0) is 58.2 Å². The van der Waals surface area contributed by atoms with Crippen molar-refractivity contribution >= 4 is 44.8 Å². The summed E-state index contributed by atoms with van der Waals surface area (Å²) >= 11 is 15.4. The van der Waals surface area contributed by atoms with Crippen molar-refractivity contribution in [1.82, 2.24) is 0 Å². The highest BCUT2D eigenvalue weighted by molar-refractivity contribution is 9.10. The van der Waals surface area contributed by atoms with E-state index in [-0.39, 0.29) is 0 Å². The first kappa shape index (κ1) is 13.7. The van der Waals surface area contributed by atoms with Gasteiger partial charge in [0.15, 0.2) is 0 Å². The number of aryl methyl sites for hydroxylation is 1. The zero-order valence-corrected chi connectivity index (χ0v) is 12.9. The van der Waals surface area contributed by atoms with Gasteiger partial charge in [0.2, 0.25) is 0 Å². The molecule has 0 aromatic heterocycles. The van der Waals surface area contributed by atoms with Gasteiger partial charge in [-0.25, -0.2) is 0 Å². The number of benzene rings is 2. The number of nitrogens with one attached hydrogen (secondary N) is 1. The standard InChI is InChI=1S/C14H12BrCl2N/c1-9-2-3-10(6-14(9)17)8-18-11-4-5-13(16)12(15)7-11/h2-7,18H,8H2,1H3. The molecular weight excluding hydrogens is 333 g/mol. The second-order valence-corrected chi connectivity index (χ2v) is 5.73. The van der Waals surface area contributed by atoms with Gasteiger partial charge >= 0.3 is 0 Å². The van der Waals surface area contributed by atoms with E-state index in [1.54, 1.807) is 0 Å². The van der Waals surface area contributed by atoms with Crippen molar-refractivity contribution in [3.05, 3.63) is 62.0 Å². The second kappa shape index (κ2) is 5.96. The Morgan fingerprint density at radius 2 is 1.83 bits per heavy atom. The van der Waals surface area contributed by atoms with Crippen LogP contribution in [0.5, 0.6) is 0 Å². The Labute approximate surface area is 125 Å². The predicted octanol–water partition coefficient (Wildman–Crippen LogP) is 5.68. The zero-order chi connectivity index (χ0) is 13.1. The molecule has 0 unspecified atom stereocenters. The fraction of sp³-hybridized carbons (Fsp3) is 0.143. The lowest BCUT2D eigenvalue weighted by atomic mass is 10.1. The third kappa shape index (κ3) is 3.41. The van der Waals surface area contributed by atoms with Crippen molar-refractivity contribution in [2.45, 2.75) is 13.5 Å². The molecule has 0 spiro atoms. The predicted molar refractivity (Wildman–Crippen MR) is 82.7 cm³/mol. The molecule has 18 heavy (non-hydrogen) atoms. The number of hydrogen-bond acceptors (Lipinski definition) is 1. The maximum absolute atomic E-state index is 6.09. The number of hydrogen-bond donors (Lipinski definition) is 1. The van der Waals surface area contributed by atoms with Gasteiger partial charge in [0.1, 0.15) is 0 Å². The third-order valence-electron chi connectivity index (χ3n) is 2.65. The molecule has 0 saturated heterocycles. The van der Waals surface area contributed by atoms with Crippen LogP contribution >= 0.6 is 39.1 Å². The summed E-state index contributed by atoms with van der Waals surface area (Å²) in [4.78, 5) is 0. The summed E-state index contributed by atoms with van der Waals surface area (Å²) < 4.78 is 0.885. The Morgan fingerprint density at radius 3 is 2.50 bits per heavy atom. The lowest BCUT2D eigenvalue weighted by Gasteiger charge is -2.08. The van der Waals surface area contributed by atoms with Crippen molar-refractivity contribution in [2.75, 3.05) is 5.32 Å². The van der Waals surface area contributed by atoms with E-state index in [0.29, 0.717) is 5.02 Å². The van der Waals surface area contributed by atoms with Gasteiger partial charge in [0.25, 0.3) is 0 Å². The maximum atomic E-state index is 6.09. The van der Waals surface area contributed by atoms with Crippen molar-refractivity contribution in [2.24, 2.45) is 0 Å². The molecule has 0 saturated carbocycles. The molecule has 94 valence electrons. The van der Waals surface area contributed by atoms with E-state index in [2.05, 4.69) is 27.3 Å². The molecular formula is C14H12BrCl2N. The van der Waals surface area contributed by atoms with E-state index >= 15 is 0 Å². The first-order valence-electron chi connectivity index (χ1n) is 5.50. The highest BCUT2D eigenvalue weighted by Crippen LogP contribution is 2.26. The van der Waals surface area contributed by atoms with Crippen molar-refractivity contribution in [3.8, 4) is 0 Å². The largest absolute Gasteiger partial charge is 0.381 e. The van der Waals surface area contributed by atoms with E-state index in [0.717, 1.165) is 32.9 Å². The molecule has 1 nitrogen and oxygen atoms in total. The van der Waals surface area contributed by atoms with Crippen LogP contribution in [-0.4, -0.2) is 0 Å². The lowest BCUT2D eigenvalue weighted by molar-refractivity contribution is 1.14. The molecule has 0 bridgehead atoms. The SMILES string of the molecule is Cc1ccc(CNc2ccc(Cl)c(Br)c2)cc1Cl. The molecule has 0 aliphatic rings. The summed E-state index contributed by atoms with van der Waals surface area (Å²) in [5.41, 5.74) is 3.26. The minimum atomic E-state index is 0.707. The van der Waals surface area contributed by atoms with Crippen molar-refractivity contribution in [3.63, 3.8) is 0 Å². The normalized spacial score (nSPS) is 10.4. The maximum Gasteiger partial charge on any atom is 0.0549 e. The molecule has 2 rings (SSSR count). The number of halogens is 3. The lowest BCUT2D eigenvalue weighted by Crippen LogP contribution is -1.99. The highest BCUT2D eigenvalue weighted by atomic mass is 79.9. The van der Waals surface area contributed by atoms with E-state index in [9.17, 15) is 0 Å². The van der Waals surface area contributed by atoms with Gasteiger partial charge in [0, 0.05) is 21.7 Å². The average Bonchev–Trinajstić information content (AvgIpc) is 2.35. The third-order valence-corrected chi connectivity index (χ3v) is 4.27. The van der Waals surface area contributed by atoms with E-state index in [4.69, 9.17) is 23.2 Å². The summed E-state index contributed by atoms with van der Waals surface area (Å²) in [6.45, 7) is 2.73. The van der Waals surface area contributed by atoms with Gasteiger partial charge in [-0.3, -0.25) is 0 Å². The fourth-order valence-electron chi connectivity index (χ4n) is 1.56. The summed E-state index contributed by atoms with van der Waals surface area (Å²) in [6, 6.07) is 11.8. The van der Waals surface area contributed by atoms with Crippen LogP contribution in [0.3, 0.4) is 0 Å². The van der Waals surface area contributed by atoms with Crippen LogP contribution < -0.4 is 5.32 Å². The first-order valence-corrected chi connectivity index (χ1v) is 7.05. The topological polar surface area (TPSA) is 12.0 Å². The quantitative estimate of drug-likeness (QED) is 0.755. The van der Waals surface area contributed by atoms with Gasteiger partial charge in [-0.2, -0.15) is 0 Å². The summed E-state index contributed by atoms with van der Waals surface area (Å²) in [5.74, 6) is 0. The van der Waals surface area contributed by atoms with E-state index in [1.165, 1.54) is 0 Å². The molecule has 0 aliphatic carbocycles. The Balaban J connectivity index is 2.06. The van der Waals surface area contributed by atoms with Crippen LogP contribution in [0.25, 0.3) is 0 Å². The molecule has 1 N–H and O–H groups in total. The monoisotopic (exact) mass is 343 g/mol. The first-order chi connectivity index (χ1) is 8.56. The van der Waals surface area contributed by atoms with Crippen LogP contribution in [0, 0.1) is 6.92 Å². The van der Waals surface area contributed by atoms with Crippen LogP contribution in [-0.2, 0) is 6.54 Å². The molecule has 0 radical (unpaired) electrons. The van der Waals surface area contributed by atoms with E-state index in [1.807, 2.05) is 37.3 Å². The minimum absolute atomic E-state index is 0.707. The smallest absolute Gasteiger partial charge is 0.0549 e. The molecule has 4 heteroatoms. The van der Waals surface area contributed by atoms with Gasteiger partial charge in [0.05, 0.1) is 5.02 Å². The zero-order valence-electron chi connectivity index (χ0n) is 9.81. The van der Waals surface area contributed by atoms with E-state index < -0.39 is 0 Å². The summed E-state index contributed by atoms with van der Waals surface area (Å²) in [6.07, 6.45) is 0. The Kier molecular flexibility index (Phi) is 4.55. The van der Waals surface area contributed by atoms with Crippen LogP contribution in [0.4, 0.5) is 5.69 Å². The molecule has 0 amide bonds. The molecule has 2 aromatic carbocycles. The molecule has 0 fully saturated rings. The van der Waals surface area contributed by atoms with Crippen molar-refractivity contribution < 1.29 is 0 Å². The molecule has 2 aromatic rings. The summed E-state index contributed by atoms with van der Waals surface area (Å²) in [7, 11) is 0. The molecule has 0 heterocycles. The van der Waals surface area contributed by atoms with Gasteiger partial charge in [-0.1, -0.05) is 35.3 Å². The molecule has 0 aliphatic heterocycles.